The predicted octanol–water partition coefficient (Wildman–Crippen LogP) is 2.80. The maximum atomic E-state index is 12.9. The number of piperidine rings is 1. The number of alkyl halides is 3. The number of nitrogens with one attached hydrogen (secondary N) is 2. The van der Waals surface area contributed by atoms with E-state index >= 15 is 0 Å². The number of nitrogens with zero attached hydrogens (tertiary/aromatic N) is 1. The largest absolute Gasteiger partial charge is 0.419 e. The van der Waals surface area contributed by atoms with Crippen molar-refractivity contribution in [3.63, 3.8) is 0 Å². The number of aromatic nitrogens is 1. The van der Waals surface area contributed by atoms with E-state index in [1.165, 1.54) is 12.3 Å². The fraction of sp³-hybridized carbons (Fsp3) is 0.615. The smallest absolute Gasteiger partial charge is 0.367 e. The highest BCUT2D eigenvalue weighted by Crippen LogP contribution is 2.35. The molecular weight excluding hydrogens is 255 g/mol. The maximum absolute atomic E-state index is 12.9. The first-order valence-electron chi connectivity index (χ1n) is 6.57. The Morgan fingerprint density at radius 2 is 1.89 bits per heavy atom. The summed E-state index contributed by atoms with van der Waals surface area (Å²) in [7, 11) is 0. The number of anilines is 1. The number of pyridine rings is 1. The first-order valence-corrected chi connectivity index (χ1v) is 6.57. The van der Waals surface area contributed by atoms with Gasteiger partial charge in [-0.05, 0) is 37.8 Å². The molecule has 2 atom stereocenters. The molecule has 1 aromatic heterocycles. The second-order valence-electron chi connectivity index (χ2n) is 5.35. The van der Waals surface area contributed by atoms with E-state index in [0.29, 0.717) is 12.1 Å². The molecule has 104 valence electrons. The molecule has 2 saturated heterocycles. The molecular formula is C13H16F3N3. The van der Waals surface area contributed by atoms with Crippen LogP contribution in [0.5, 0.6) is 0 Å². The third-order valence-electron chi connectivity index (χ3n) is 3.93. The summed E-state index contributed by atoms with van der Waals surface area (Å²) in [6.45, 7) is 0. The Balaban J connectivity index is 1.76. The van der Waals surface area contributed by atoms with Gasteiger partial charge < -0.3 is 10.6 Å². The molecule has 0 amide bonds. The molecule has 19 heavy (non-hydrogen) atoms. The molecule has 0 aliphatic carbocycles. The second kappa shape index (κ2) is 4.67. The quantitative estimate of drug-likeness (QED) is 0.868. The monoisotopic (exact) mass is 271 g/mol. The van der Waals surface area contributed by atoms with Gasteiger partial charge in [0.15, 0.2) is 0 Å². The van der Waals surface area contributed by atoms with Crippen molar-refractivity contribution in [3.05, 3.63) is 23.9 Å². The SMILES string of the molecule is FC(F)(F)c1cccnc1NC1CC2CCC(C1)N2. The van der Waals surface area contributed by atoms with Crippen LogP contribution >= 0.6 is 0 Å². The highest BCUT2D eigenvalue weighted by atomic mass is 19.4. The molecule has 2 bridgehead atoms. The summed E-state index contributed by atoms with van der Waals surface area (Å²) in [4.78, 5) is 3.86. The number of fused-ring (bicyclic) bond motifs is 2. The lowest BCUT2D eigenvalue weighted by atomic mass is 9.99. The van der Waals surface area contributed by atoms with E-state index in [9.17, 15) is 13.2 Å². The fourth-order valence-corrected chi connectivity index (χ4v) is 3.12. The van der Waals surface area contributed by atoms with Crippen LogP contribution in [0, 0.1) is 0 Å². The second-order valence-corrected chi connectivity index (χ2v) is 5.35. The first kappa shape index (κ1) is 12.7. The van der Waals surface area contributed by atoms with Gasteiger partial charge in [0, 0.05) is 24.3 Å². The molecule has 2 unspecified atom stereocenters. The normalized spacial score (nSPS) is 30.4. The number of rotatable bonds is 2. The Morgan fingerprint density at radius 1 is 1.21 bits per heavy atom. The molecule has 0 saturated carbocycles. The molecule has 2 N–H and O–H groups in total. The molecule has 3 nitrogen and oxygen atoms in total. The van der Waals surface area contributed by atoms with Crippen molar-refractivity contribution in [2.45, 2.75) is 50.0 Å². The summed E-state index contributed by atoms with van der Waals surface area (Å²) in [6, 6.07) is 3.35. The zero-order valence-corrected chi connectivity index (χ0v) is 10.4. The van der Waals surface area contributed by atoms with Crippen LogP contribution in [0.3, 0.4) is 0 Å². The molecule has 0 radical (unpaired) electrons. The van der Waals surface area contributed by atoms with Gasteiger partial charge in [-0.1, -0.05) is 0 Å². The minimum absolute atomic E-state index is 0.0405. The lowest BCUT2D eigenvalue weighted by molar-refractivity contribution is -0.137. The van der Waals surface area contributed by atoms with Gasteiger partial charge in [0.2, 0.25) is 0 Å². The van der Waals surface area contributed by atoms with E-state index < -0.39 is 11.7 Å². The van der Waals surface area contributed by atoms with Crippen molar-refractivity contribution in [1.82, 2.24) is 10.3 Å². The molecule has 6 heteroatoms. The summed E-state index contributed by atoms with van der Waals surface area (Å²) in [6.07, 6.45) is 1.01. The van der Waals surface area contributed by atoms with Crippen LogP contribution in [0.15, 0.2) is 18.3 Å². The third kappa shape index (κ3) is 2.68. The molecule has 1 aromatic rings. The average Bonchev–Trinajstić information content (AvgIpc) is 2.68. The molecule has 2 aliphatic rings. The Bertz CT molecular complexity index is 449. The summed E-state index contributed by atoms with van der Waals surface area (Å²) in [5.74, 6) is -0.0405. The Labute approximate surface area is 109 Å². The minimum Gasteiger partial charge on any atom is -0.367 e. The van der Waals surface area contributed by atoms with E-state index in [0.717, 1.165) is 31.7 Å². The van der Waals surface area contributed by atoms with Crippen LogP contribution < -0.4 is 10.6 Å². The Hall–Kier alpha value is -1.30. The van der Waals surface area contributed by atoms with Crippen LogP contribution in [0.1, 0.15) is 31.2 Å². The molecule has 2 fully saturated rings. The van der Waals surface area contributed by atoms with Crippen LogP contribution in [0.4, 0.5) is 19.0 Å². The van der Waals surface area contributed by atoms with E-state index in [1.54, 1.807) is 0 Å². The summed E-state index contributed by atoms with van der Waals surface area (Å²) in [5.41, 5.74) is -0.680. The molecule has 0 aromatic carbocycles. The van der Waals surface area contributed by atoms with E-state index in [2.05, 4.69) is 15.6 Å². The fourth-order valence-electron chi connectivity index (χ4n) is 3.12. The molecule has 0 spiro atoms. The molecule has 3 heterocycles. The van der Waals surface area contributed by atoms with Gasteiger partial charge >= 0.3 is 6.18 Å². The van der Waals surface area contributed by atoms with Gasteiger partial charge in [-0.15, -0.1) is 0 Å². The number of hydrogen-bond acceptors (Lipinski definition) is 3. The zero-order valence-electron chi connectivity index (χ0n) is 10.4. The highest BCUT2D eigenvalue weighted by molar-refractivity contribution is 5.46. The van der Waals surface area contributed by atoms with Crippen molar-refractivity contribution >= 4 is 5.82 Å². The van der Waals surface area contributed by atoms with Crippen LogP contribution in [0.25, 0.3) is 0 Å². The maximum Gasteiger partial charge on any atom is 0.419 e. The van der Waals surface area contributed by atoms with Gasteiger partial charge in [-0.2, -0.15) is 13.2 Å². The summed E-state index contributed by atoms with van der Waals surface area (Å²) < 4.78 is 38.6. The highest BCUT2D eigenvalue weighted by Gasteiger charge is 2.37. The Kier molecular flexibility index (Phi) is 3.12. The predicted molar refractivity (Wildman–Crippen MR) is 65.8 cm³/mol. The molecule has 2 aliphatic heterocycles. The summed E-state index contributed by atoms with van der Waals surface area (Å²) >= 11 is 0. The molecule has 3 rings (SSSR count). The zero-order chi connectivity index (χ0) is 13.5. The van der Waals surface area contributed by atoms with Crippen molar-refractivity contribution in [2.24, 2.45) is 0 Å². The van der Waals surface area contributed by atoms with Gasteiger partial charge in [0.05, 0.1) is 5.56 Å². The third-order valence-corrected chi connectivity index (χ3v) is 3.93. The van der Waals surface area contributed by atoms with E-state index in [-0.39, 0.29) is 11.9 Å². The van der Waals surface area contributed by atoms with Crippen LogP contribution in [-0.4, -0.2) is 23.1 Å². The van der Waals surface area contributed by atoms with Crippen LogP contribution in [-0.2, 0) is 6.18 Å². The lowest BCUT2D eigenvalue weighted by Gasteiger charge is -2.30. The van der Waals surface area contributed by atoms with Crippen molar-refractivity contribution < 1.29 is 13.2 Å². The first-order chi connectivity index (χ1) is 9.02. The van der Waals surface area contributed by atoms with Gasteiger partial charge in [-0.25, -0.2) is 4.98 Å². The van der Waals surface area contributed by atoms with Crippen LogP contribution in [0.2, 0.25) is 0 Å². The topological polar surface area (TPSA) is 37.0 Å². The van der Waals surface area contributed by atoms with Gasteiger partial charge in [0.25, 0.3) is 0 Å². The Morgan fingerprint density at radius 3 is 2.53 bits per heavy atom. The summed E-state index contributed by atoms with van der Waals surface area (Å²) in [5, 5.41) is 6.45. The number of halogens is 3. The minimum atomic E-state index is -4.36. The number of hydrogen-bond donors (Lipinski definition) is 2. The average molecular weight is 271 g/mol. The van der Waals surface area contributed by atoms with Crippen molar-refractivity contribution in [1.29, 1.82) is 0 Å². The van der Waals surface area contributed by atoms with Gasteiger partial charge in [0.1, 0.15) is 5.82 Å². The van der Waals surface area contributed by atoms with E-state index in [1.807, 2.05) is 0 Å². The van der Waals surface area contributed by atoms with E-state index in [4.69, 9.17) is 0 Å². The van der Waals surface area contributed by atoms with Gasteiger partial charge in [-0.3, -0.25) is 0 Å². The lowest BCUT2D eigenvalue weighted by Crippen LogP contribution is -2.43. The van der Waals surface area contributed by atoms with Crippen molar-refractivity contribution in [3.8, 4) is 0 Å². The standard InChI is InChI=1S/C13H16F3N3/c14-13(15,16)11-2-1-5-17-12(11)19-10-6-8-3-4-9(7-10)18-8/h1-2,5,8-10,18H,3-4,6-7H2,(H,17,19). The van der Waals surface area contributed by atoms with Crippen molar-refractivity contribution in [2.75, 3.05) is 5.32 Å².